The summed E-state index contributed by atoms with van der Waals surface area (Å²) < 4.78 is 34.4. The molecule has 0 radical (unpaired) electrons. The van der Waals surface area contributed by atoms with Crippen molar-refractivity contribution in [2.75, 3.05) is 13.2 Å². The maximum Gasteiger partial charge on any atom is 0.241 e. The molecular formula is C22H21F2N3O3S. The van der Waals surface area contributed by atoms with Crippen LogP contribution in [0.15, 0.2) is 47.6 Å². The maximum absolute atomic E-state index is 14.6. The van der Waals surface area contributed by atoms with Crippen molar-refractivity contribution in [3.63, 3.8) is 0 Å². The third-order valence-corrected chi connectivity index (χ3v) is 6.88. The number of amides is 2. The lowest BCUT2D eigenvalue weighted by Crippen LogP contribution is -2.51. The molecule has 1 N–H and O–H groups in total. The largest absolute Gasteiger partial charge is 0.493 e. The van der Waals surface area contributed by atoms with Crippen molar-refractivity contribution in [1.29, 1.82) is 0 Å². The highest BCUT2D eigenvalue weighted by molar-refractivity contribution is 8.15. The predicted molar refractivity (Wildman–Crippen MR) is 113 cm³/mol. The first kappa shape index (κ1) is 21.3. The summed E-state index contributed by atoms with van der Waals surface area (Å²) in [6, 6.07) is 10.5. The summed E-state index contributed by atoms with van der Waals surface area (Å²) in [4.78, 5) is 23.1. The number of benzene rings is 2. The van der Waals surface area contributed by atoms with Crippen LogP contribution in [0.2, 0.25) is 0 Å². The molecule has 0 aliphatic carbocycles. The van der Waals surface area contributed by atoms with Crippen LogP contribution in [0.1, 0.15) is 31.4 Å². The summed E-state index contributed by atoms with van der Waals surface area (Å²) in [6.07, 6.45) is 0.499. The second-order valence-electron chi connectivity index (χ2n) is 7.43. The Kier molecular flexibility index (Phi) is 5.70. The quantitative estimate of drug-likeness (QED) is 0.781. The first-order chi connectivity index (χ1) is 14.8. The monoisotopic (exact) mass is 445 g/mol. The highest BCUT2D eigenvalue weighted by Gasteiger charge is 2.56. The molecule has 0 bridgehead atoms. The number of nitrogens with one attached hydrogen (secondary N) is 1. The van der Waals surface area contributed by atoms with Crippen LogP contribution >= 0.6 is 11.8 Å². The molecule has 2 aliphatic rings. The average Bonchev–Trinajstić information content (AvgIpc) is 3.13. The van der Waals surface area contributed by atoms with Gasteiger partial charge in [-0.1, -0.05) is 30.0 Å². The molecule has 2 heterocycles. The Balaban J connectivity index is 1.82. The van der Waals surface area contributed by atoms with Crippen molar-refractivity contribution in [3.05, 3.63) is 65.2 Å². The number of ether oxygens (including phenoxy) is 1. The van der Waals surface area contributed by atoms with Gasteiger partial charge in [0.05, 0.1) is 6.61 Å². The number of thioether (sulfide) groups is 1. The number of nitrogens with zero attached hydrogens (tertiary/aromatic N) is 2. The number of fused-ring (bicyclic) bond motifs is 2. The van der Waals surface area contributed by atoms with Crippen LogP contribution < -0.4 is 10.1 Å². The molecule has 2 unspecified atom stereocenters. The average molecular weight is 445 g/mol. The minimum Gasteiger partial charge on any atom is -0.493 e. The van der Waals surface area contributed by atoms with Gasteiger partial charge in [0.25, 0.3) is 0 Å². The fourth-order valence-corrected chi connectivity index (χ4v) is 5.56. The zero-order valence-corrected chi connectivity index (χ0v) is 17.8. The molecule has 0 fully saturated rings. The van der Waals surface area contributed by atoms with Crippen LogP contribution in [0, 0.1) is 17.6 Å². The zero-order chi connectivity index (χ0) is 22.2. The van der Waals surface area contributed by atoms with Crippen molar-refractivity contribution in [2.45, 2.75) is 25.1 Å². The van der Waals surface area contributed by atoms with Crippen LogP contribution in [0.4, 0.5) is 8.78 Å². The number of carbonyl (C=O) groups excluding carboxylic acids is 2. The van der Waals surface area contributed by atoms with Crippen LogP contribution in [-0.4, -0.2) is 35.0 Å². The van der Waals surface area contributed by atoms with E-state index in [4.69, 9.17) is 4.74 Å². The molecule has 162 valence electrons. The number of hydrazone groups is 1. The fourth-order valence-electron chi connectivity index (χ4n) is 3.99. The third kappa shape index (κ3) is 3.78. The summed E-state index contributed by atoms with van der Waals surface area (Å²) in [6.45, 7) is 3.48. The molecule has 2 amide bonds. The lowest BCUT2D eigenvalue weighted by molar-refractivity contribution is -0.135. The van der Waals surface area contributed by atoms with E-state index in [1.165, 1.54) is 30.6 Å². The highest BCUT2D eigenvalue weighted by atomic mass is 32.2. The molecule has 2 atom stereocenters. The predicted octanol–water partition coefficient (Wildman–Crippen LogP) is 3.61. The molecule has 2 aromatic carbocycles. The van der Waals surface area contributed by atoms with Gasteiger partial charge in [-0.3, -0.25) is 9.59 Å². The molecule has 2 aliphatic heterocycles. The minimum absolute atomic E-state index is 0.00212. The summed E-state index contributed by atoms with van der Waals surface area (Å²) in [5, 5.41) is 8.78. The number of carbonyl (C=O) groups is 2. The number of hydrogen-bond acceptors (Lipinski definition) is 5. The molecule has 0 saturated heterocycles. The maximum atomic E-state index is 14.6. The molecule has 4 rings (SSSR count). The summed E-state index contributed by atoms with van der Waals surface area (Å²) in [5.74, 6) is -1.37. The number of rotatable bonds is 4. The van der Waals surface area contributed by atoms with Gasteiger partial charge in [0.2, 0.25) is 11.8 Å². The Morgan fingerprint density at radius 2 is 2.03 bits per heavy atom. The van der Waals surface area contributed by atoms with Crippen LogP contribution in [0.5, 0.6) is 5.75 Å². The fraction of sp³-hybridized carbons (Fsp3) is 0.318. The van der Waals surface area contributed by atoms with Gasteiger partial charge in [-0.15, -0.1) is 0 Å². The second kappa shape index (κ2) is 8.30. The van der Waals surface area contributed by atoms with E-state index in [0.29, 0.717) is 18.7 Å². The van der Waals surface area contributed by atoms with Gasteiger partial charge >= 0.3 is 0 Å². The molecule has 9 heteroatoms. The van der Waals surface area contributed by atoms with E-state index in [0.717, 1.165) is 23.8 Å². The van der Waals surface area contributed by atoms with Gasteiger partial charge in [0.15, 0.2) is 4.87 Å². The molecule has 0 saturated carbocycles. The molecule has 6 nitrogen and oxygen atoms in total. The zero-order valence-electron chi connectivity index (χ0n) is 17.0. The first-order valence-corrected chi connectivity index (χ1v) is 10.6. The second-order valence-corrected chi connectivity index (χ2v) is 8.65. The van der Waals surface area contributed by atoms with E-state index in [1.54, 1.807) is 6.07 Å². The molecular weight excluding hydrogens is 424 g/mol. The summed E-state index contributed by atoms with van der Waals surface area (Å²) in [5.41, 5.74) is 0.725. The van der Waals surface area contributed by atoms with Crippen LogP contribution in [-0.2, 0) is 14.5 Å². The third-order valence-electron chi connectivity index (χ3n) is 5.35. The Morgan fingerprint density at radius 1 is 1.26 bits per heavy atom. The van der Waals surface area contributed by atoms with Gasteiger partial charge in [-0.05, 0) is 30.7 Å². The Bertz CT molecular complexity index is 1080. The Hall–Kier alpha value is -2.94. The van der Waals surface area contributed by atoms with Crippen molar-refractivity contribution >= 4 is 28.6 Å². The number of hydrogen-bond donors (Lipinski definition) is 1. The van der Waals surface area contributed by atoms with Gasteiger partial charge in [0, 0.05) is 37.4 Å². The van der Waals surface area contributed by atoms with Crippen LogP contribution in [0.25, 0.3) is 0 Å². The van der Waals surface area contributed by atoms with Crippen molar-refractivity contribution in [3.8, 4) is 5.75 Å². The smallest absolute Gasteiger partial charge is 0.241 e. The van der Waals surface area contributed by atoms with Crippen molar-refractivity contribution < 1.29 is 23.1 Å². The lowest BCUT2D eigenvalue weighted by Gasteiger charge is -2.45. The number of para-hydroxylation sites is 1. The standard InChI is InChI=1S/C22H21F2N3O3S/c1-13(28)25-10-9-15-12-30-20-6-4-3-5-18(20)22(15)27(14(2)29)26-21(31-22)17-11-16(23)7-8-19(17)24/h3-8,11,15H,9-10,12H2,1-2H3,(H,25,28). The van der Waals surface area contributed by atoms with E-state index >= 15 is 0 Å². The first-order valence-electron chi connectivity index (χ1n) is 9.83. The molecule has 0 aromatic heterocycles. The van der Waals surface area contributed by atoms with Gasteiger partial charge < -0.3 is 10.1 Å². The van der Waals surface area contributed by atoms with Crippen molar-refractivity contribution in [1.82, 2.24) is 10.3 Å². The van der Waals surface area contributed by atoms with E-state index < -0.39 is 16.5 Å². The SMILES string of the molecule is CC(=O)NCCC1COc2ccccc2C12SC(c1cc(F)ccc1F)=NN2C(C)=O. The molecule has 2 aromatic rings. The summed E-state index contributed by atoms with van der Waals surface area (Å²) >= 11 is 1.21. The van der Waals surface area contributed by atoms with E-state index in [1.807, 2.05) is 18.2 Å². The highest BCUT2D eigenvalue weighted by Crippen LogP contribution is 2.57. The number of halogens is 2. The normalized spacial score (nSPS) is 22.0. The topological polar surface area (TPSA) is 71.0 Å². The Labute approximate surface area is 182 Å². The van der Waals surface area contributed by atoms with Gasteiger partial charge in [-0.2, -0.15) is 5.10 Å². The summed E-state index contributed by atoms with van der Waals surface area (Å²) in [7, 11) is 0. The van der Waals surface area contributed by atoms with Crippen molar-refractivity contribution in [2.24, 2.45) is 11.0 Å². The van der Waals surface area contributed by atoms with E-state index in [-0.39, 0.29) is 34.9 Å². The minimum atomic E-state index is -1.01. The molecule has 31 heavy (non-hydrogen) atoms. The molecule has 1 spiro atoms. The van der Waals surface area contributed by atoms with E-state index in [9.17, 15) is 18.4 Å². The Morgan fingerprint density at radius 3 is 2.77 bits per heavy atom. The van der Waals surface area contributed by atoms with Gasteiger partial charge in [0.1, 0.15) is 22.4 Å². The van der Waals surface area contributed by atoms with E-state index in [2.05, 4.69) is 10.4 Å². The lowest BCUT2D eigenvalue weighted by atomic mass is 9.86. The van der Waals surface area contributed by atoms with Gasteiger partial charge in [-0.25, -0.2) is 13.8 Å². The van der Waals surface area contributed by atoms with Crippen LogP contribution in [0.3, 0.4) is 0 Å².